The number of ether oxygens (including phenoxy) is 2. The van der Waals surface area contributed by atoms with Gasteiger partial charge in [0.15, 0.2) is 0 Å². The first kappa shape index (κ1) is 31.0. The Labute approximate surface area is 226 Å². The second-order valence-electron chi connectivity index (χ2n) is 11.4. The highest BCUT2D eigenvalue weighted by Crippen LogP contribution is 2.36. The lowest BCUT2D eigenvalue weighted by Gasteiger charge is -2.43. The van der Waals surface area contributed by atoms with E-state index >= 15 is 0 Å². The number of carboxylic acid groups (broad SMARTS) is 1. The van der Waals surface area contributed by atoms with E-state index in [1.165, 1.54) is 0 Å². The van der Waals surface area contributed by atoms with E-state index in [9.17, 15) is 19.5 Å². The molecule has 8 nitrogen and oxygen atoms in total. The third-order valence-electron chi connectivity index (χ3n) is 5.95. The Morgan fingerprint density at radius 3 is 1.82 bits per heavy atom. The molecule has 0 bridgehead atoms. The minimum Gasteiger partial charge on any atom is -0.480 e. The van der Waals surface area contributed by atoms with Crippen molar-refractivity contribution >= 4 is 36.7 Å². The average Bonchev–Trinajstić information content (AvgIpc) is 2.85. The SMILES string of the molecule is CC(C)(C)COC(=O)CCC(NC(=O)OCCO[Si](c1ccccc1)(c1ccccc1)C(C)(C)C)C(=O)O. The first-order chi connectivity index (χ1) is 17.8. The zero-order chi connectivity index (χ0) is 28.4. The van der Waals surface area contributed by atoms with Crippen LogP contribution in [0.4, 0.5) is 4.79 Å². The van der Waals surface area contributed by atoms with Crippen LogP contribution in [0.1, 0.15) is 54.4 Å². The zero-order valence-electron chi connectivity index (χ0n) is 23.3. The molecule has 0 aliphatic heterocycles. The highest BCUT2D eigenvalue weighted by Gasteiger charge is 2.50. The summed E-state index contributed by atoms with van der Waals surface area (Å²) in [5, 5.41) is 13.8. The molecule has 38 heavy (non-hydrogen) atoms. The molecule has 0 fully saturated rings. The lowest BCUT2D eigenvalue weighted by molar-refractivity contribution is -0.147. The molecular weight excluding hydrogens is 502 g/mol. The molecule has 1 amide bonds. The van der Waals surface area contributed by atoms with Crippen molar-refractivity contribution in [2.24, 2.45) is 5.41 Å². The number of amides is 1. The summed E-state index contributed by atoms with van der Waals surface area (Å²) in [6, 6.07) is 18.9. The van der Waals surface area contributed by atoms with Crippen molar-refractivity contribution in [3.8, 4) is 0 Å². The van der Waals surface area contributed by atoms with Gasteiger partial charge in [0.2, 0.25) is 0 Å². The number of hydrogen-bond donors (Lipinski definition) is 2. The lowest BCUT2D eigenvalue weighted by Crippen LogP contribution is -2.66. The third-order valence-corrected chi connectivity index (χ3v) is 11.0. The number of rotatable bonds is 12. The minimum absolute atomic E-state index is 0.0592. The Morgan fingerprint density at radius 1 is 0.842 bits per heavy atom. The molecule has 0 saturated carbocycles. The van der Waals surface area contributed by atoms with E-state index in [0.29, 0.717) is 0 Å². The summed E-state index contributed by atoms with van der Waals surface area (Å²) < 4.78 is 17.1. The summed E-state index contributed by atoms with van der Waals surface area (Å²) in [5.74, 6) is -1.77. The molecule has 0 radical (unpaired) electrons. The number of carboxylic acids is 1. The van der Waals surface area contributed by atoms with Crippen LogP contribution in [0.2, 0.25) is 5.04 Å². The van der Waals surface area contributed by atoms with Crippen LogP contribution in [0, 0.1) is 5.41 Å². The molecule has 0 spiro atoms. The van der Waals surface area contributed by atoms with Crippen molar-refractivity contribution < 1.29 is 33.4 Å². The maximum absolute atomic E-state index is 12.4. The monoisotopic (exact) mass is 543 g/mol. The second kappa shape index (κ2) is 13.6. The van der Waals surface area contributed by atoms with E-state index < -0.39 is 32.4 Å². The van der Waals surface area contributed by atoms with Crippen LogP contribution < -0.4 is 15.7 Å². The molecule has 0 aromatic heterocycles. The van der Waals surface area contributed by atoms with Gasteiger partial charge >= 0.3 is 18.0 Å². The zero-order valence-corrected chi connectivity index (χ0v) is 24.3. The van der Waals surface area contributed by atoms with Crippen LogP contribution >= 0.6 is 0 Å². The quantitative estimate of drug-likeness (QED) is 0.235. The van der Waals surface area contributed by atoms with Gasteiger partial charge in [-0.2, -0.15) is 0 Å². The smallest absolute Gasteiger partial charge is 0.407 e. The Hall–Kier alpha value is -3.17. The number of benzene rings is 2. The molecule has 2 N–H and O–H groups in total. The van der Waals surface area contributed by atoms with Crippen molar-refractivity contribution in [3.05, 3.63) is 60.7 Å². The van der Waals surface area contributed by atoms with Crippen LogP contribution in [0.15, 0.2) is 60.7 Å². The van der Waals surface area contributed by atoms with Gasteiger partial charge in [-0.1, -0.05) is 102 Å². The van der Waals surface area contributed by atoms with Crippen molar-refractivity contribution in [1.29, 1.82) is 0 Å². The van der Waals surface area contributed by atoms with Crippen LogP contribution in [0.25, 0.3) is 0 Å². The van der Waals surface area contributed by atoms with Gasteiger partial charge in [0.05, 0.1) is 13.2 Å². The number of carbonyl (C=O) groups is 3. The van der Waals surface area contributed by atoms with Gasteiger partial charge in [0.1, 0.15) is 12.6 Å². The first-order valence-corrected chi connectivity index (χ1v) is 14.7. The van der Waals surface area contributed by atoms with E-state index in [2.05, 4.69) is 50.4 Å². The van der Waals surface area contributed by atoms with E-state index in [1.54, 1.807) is 0 Å². The van der Waals surface area contributed by atoms with Crippen LogP contribution in [-0.4, -0.2) is 57.3 Å². The Bertz CT molecular complexity index is 1010. The maximum Gasteiger partial charge on any atom is 0.407 e. The summed E-state index contributed by atoms with van der Waals surface area (Å²) in [4.78, 5) is 35.9. The lowest BCUT2D eigenvalue weighted by atomic mass is 9.99. The van der Waals surface area contributed by atoms with Gasteiger partial charge in [-0.05, 0) is 27.2 Å². The standard InChI is InChI=1S/C29H41NO7Si/c1-28(2,3)21-36-25(31)18-17-24(26(32)33)30-27(34)35-19-20-37-38(29(4,5)6,22-13-9-7-10-14-22)23-15-11-8-12-16-23/h7-16,24H,17-21H2,1-6H3,(H,30,34)(H,32,33). The second-order valence-corrected chi connectivity index (χ2v) is 15.7. The molecular formula is C29H41NO7Si. The predicted octanol–water partition coefficient (Wildman–Crippen LogP) is 4.11. The number of hydrogen-bond acceptors (Lipinski definition) is 6. The minimum atomic E-state index is -2.78. The molecule has 0 aliphatic carbocycles. The summed E-state index contributed by atoms with van der Waals surface area (Å²) in [7, 11) is -2.78. The Morgan fingerprint density at radius 2 is 1.37 bits per heavy atom. The highest BCUT2D eigenvalue weighted by molar-refractivity contribution is 6.99. The maximum atomic E-state index is 12.4. The molecule has 0 saturated heterocycles. The predicted molar refractivity (Wildman–Crippen MR) is 149 cm³/mol. The fourth-order valence-electron chi connectivity index (χ4n) is 4.16. The third kappa shape index (κ3) is 8.99. The van der Waals surface area contributed by atoms with Crippen molar-refractivity contribution in [2.45, 2.75) is 65.5 Å². The molecule has 0 heterocycles. The Kier molecular flexibility index (Phi) is 11.1. The topological polar surface area (TPSA) is 111 Å². The van der Waals surface area contributed by atoms with E-state index in [1.807, 2.05) is 57.2 Å². The van der Waals surface area contributed by atoms with E-state index in [4.69, 9.17) is 13.9 Å². The fraction of sp³-hybridized carbons (Fsp3) is 0.483. The van der Waals surface area contributed by atoms with Crippen LogP contribution in [-0.2, 0) is 23.5 Å². The molecule has 2 aromatic rings. The molecule has 0 aliphatic rings. The van der Waals surface area contributed by atoms with E-state index in [0.717, 1.165) is 10.4 Å². The van der Waals surface area contributed by atoms with E-state index in [-0.39, 0.29) is 43.1 Å². The summed E-state index contributed by atoms with van der Waals surface area (Å²) in [5.41, 5.74) is -0.194. The largest absolute Gasteiger partial charge is 0.480 e. The van der Waals surface area contributed by atoms with Gasteiger partial charge in [-0.25, -0.2) is 9.59 Å². The average molecular weight is 544 g/mol. The molecule has 1 unspecified atom stereocenters. The van der Waals surface area contributed by atoms with Gasteiger partial charge < -0.3 is 24.3 Å². The highest BCUT2D eigenvalue weighted by atomic mass is 28.4. The van der Waals surface area contributed by atoms with Crippen molar-refractivity contribution in [3.63, 3.8) is 0 Å². The molecule has 1 atom stereocenters. The van der Waals surface area contributed by atoms with Gasteiger partial charge in [0.25, 0.3) is 8.32 Å². The number of aliphatic carboxylic acids is 1. The molecule has 2 aromatic carbocycles. The molecule has 9 heteroatoms. The molecule has 208 valence electrons. The van der Waals surface area contributed by atoms with Gasteiger partial charge in [-0.3, -0.25) is 4.79 Å². The fourth-order valence-corrected chi connectivity index (χ4v) is 8.71. The first-order valence-electron chi connectivity index (χ1n) is 12.8. The van der Waals surface area contributed by atoms with Gasteiger partial charge in [-0.15, -0.1) is 0 Å². The number of nitrogens with one attached hydrogen (secondary N) is 1. The number of esters is 1. The van der Waals surface area contributed by atoms with Crippen LogP contribution in [0.3, 0.4) is 0 Å². The van der Waals surface area contributed by atoms with Crippen molar-refractivity contribution in [1.82, 2.24) is 5.32 Å². The molecule has 2 rings (SSSR count). The summed E-state index contributed by atoms with van der Waals surface area (Å²) in [6.07, 6.45) is -1.12. The number of carbonyl (C=O) groups excluding carboxylic acids is 2. The summed E-state index contributed by atoms with van der Waals surface area (Å²) in [6.45, 7) is 12.5. The van der Waals surface area contributed by atoms with Gasteiger partial charge in [0, 0.05) is 6.42 Å². The normalized spacial score (nSPS) is 12.9. The summed E-state index contributed by atoms with van der Waals surface area (Å²) >= 11 is 0. The Balaban J connectivity index is 2.01. The number of alkyl carbamates (subject to hydrolysis) is 1. The van der Waals surface area contributed by atoms with Crippen LogP contribution in [0.5, 0.6) is 0 Å². The van der Waals surface area contributed by atoms with Crippen molar-refractivity contribution in [2.75, 3.05) is 19.8 Å².